The summed E-state index contributed by atoms with van der Waals surface area (Å²) in [6, 6.07) is 3.57. The molecule has 1 saturated heterocycles. The predicted molar refractivity (Wildman–Crippen MR) is 74.9 cm³/mol. The van der Waals surface area contributed by atoms with Crippen molar-refractivity contribution in [2.24, 2.45) is 0 Å². The molecule has 1 saturated carbocycles. The number of pyridine rings is 1. The molecule has 0 N–H and O–H groups in total. The van der Waals surface area contributed by atoms with E-state index in [0.717, 1.165) is 38.1 Å². The summed E-state index contributed by atoms with van der Waals surface area (Å²) in [5.74, 6) is 1.46. The number of ether oxygens (including phenoxy) is 1. The Bertz CT molecular complexity index is 696. The van der Waals surface area contributed by atoms with Gasteiger partial charge in [0.1, 0.15) is 5.56 Å². The van der Waals surface area contributed by atoms with Gasteiger partial charge in [0.25, 0.3) is 11.4 Å². The number of rotatable bonds is 4. The Morgan fingerprint density at radius 3 is 3.00 bits per heavy atom. The Labute approximate surface area is 121 Å². The molecule has 4 rings (SSSR count). The molecule has 0 amide bonds. The summed E-state index contributed by atoms with van der Waals surface area (Å²) < 4.78 is 12.5. The van der Waals surface area contributed by atoms with Gasteiger partial charge in [-0.1, -0.05) is 5.16 Å². The normalized spacial score (nSPS) is 21.8. The lowest BCUT2D eigenvalue weighted by molar-refractivity contribution is 0.0962. The lowest BCUT2D eigenvalue weighted by Gasteiger charge is -2.11. The number of aromatic nitrogens is 3. The highest BCUT2D eigenvalue weighted by Gasteiger charge is 2.29. The van der Waals surface area contributed by atoms with Crippen LogP contribution in [-0.2, 0) is 11.3 Å². The fourth-order valence-corrected chi connectivity index (χ4v) is 2.70. The van der Waals surface area contributed by atoms with Crippen LogP contribution in [0.1, 0.15) is 37.4 Å². The Balaban J connectivity index is 1.63. The van der Waals surface area contributed by atoms with E-state index in [1.165, 1.54) is 0 Å². The fourth-order valence-electron chi connectivity index (χ4n) is 2.70. The van der Waals surface area contributed by atoms with Crippen molar-refractivity contribution >= 4 is 0 Å². The van der Waals surface area contributed by atoms with Crippen LogP contribution < -0.4 is 5.56 Å². The van der Waals surface area contributed by atoms with Crippen LogP contribution in [0.15, 0.2) is 27.6 Å². The third-order valence-corrected chi connectivity index (χ3v) is 4.06. The van der Waals surface area contributed by atoms with Gasteiger partial charge in [-0.2, -0.15) is 4.98 Å². The van der Waals surface area contributed by atoms with E-state index < -0.39 is 0 Å². The predicted octanol–water partition coefficient (Wildman–Crippen LogP) is 1.95. The van der Waals surface area contributed by atoms with Gasteiger partial charge in [0.2, 0.25) is 0 Å². The van der Waals surface area contributed by atoms with Crippen LogP contribution in [0.25, 0.3) is 11.5 Å². The maximum atomic E-state index is 12.5. The Kier molecular flexibility index (Phi) is 3.11. The standard InChI is InChI=1S/C15H17N3O3/c19-15-12(14-16-13(17-21-14)10-5-6-10)4-1-7-18(15)9-11-3-2-8-20-11/h1,4,7,10-11H,2-3,5-6,8-9H2/t11-/m1/s1. The van der Waals surface area contributed by atoms with Gasteiger partial charge in [0.05, 0.1) is 12.6 Å². The molecular formula is C15H17N3O3. The van der Waals surface area contributed by atoms with E-state index in [2.05, 4.69) is 10.1 Å². The second-order valence-electron chi connectivity index (χ2n) is 5.75. The first-order valence-corrected chi connectivity index (χ1v) is 7.46. The van der Waals surface area contributed by atoms with E-state index in [1.54, 1.807) is 16.8 Å². The van der Waals surface area contributed by atoms with E-state index in [9.17, 15) is 4.79 Å². The van der Waals surface area contributed by atoms with Crippen molar-refractivity contribution in [1.82, 2.24) is 14.7 Å². The molecule has 110 valence electrons. The maximum Gasteiger partial charge on any atom is 0.263 e. The van der Waals surface area contributed by atoms with Crippen molar-refractivity contribution in [3.05, 3.63) is 34.5 Å². The van der Waals surface area contributed by atoms with Crippen molar-refractivity contribution in [3.63, 3.8) is 0 Å². The van der Waals surface area contributed by atoms with Crippen LogP contribution in [-0.4, -0.2) is 27.4 Å². The molecule has 6 nitrogen and oxygen atoms in total. The van der Waals surface area contributed by atoms with E-state index in [-0.39, 0.29) is 11.7 Å². The highest BCUT2D eigenvalue weighted by Crippen LogP contribution is 2.38. The smallest absolute Gasteiger partial charge is 0.263 e. The zero-order valence-corrected chi connectivity index (χ0v) is 11.7. The van der Waals surface area contributed by atoms with Gasteiger partial charge in [0.15, 0.2) is 5.82 Å². The summed E-state index contributed by atoms with van der Waals surface area (Å²) in [6.07, 6.45) is 6.19. The largest absolute Gasteiger partial charge is 0.376 e. The average molecular weight is 287 g/mol. The van der Waals surface area contributed by atoms with Crippen molar-refractivity contribution in [1.29, 1.82) is 0 Å². The first-order chi connectivity index (χ1) is 10.3. The van der Waals surface area contributed by atoms with Crippen LogP contribution in [0.3, 0.4) is 0 Å². The van der Waals surface area contributed by atoms with E-state index in [4.69, 9.17) is 9.26 Å². The highest BCUT2D eigenvalue weighted by atomic mass is 16.5. The molecule has 0 unspecified atom stereocenters. The summed E-state index contributed by atoms with van der Waals surface area (Å²) in [5, 5.41) is 3.97. The van der Waals surface area contributed by atoms with Gasteiger partial charge in [-0.25, -0.2) is 0 Å². The fraction of sp³-hybridized carbons (Fsp3) is 0.533. The third-order valence-electron chi connectivity index (χ3n) is 4.06. The molecule has 0 spiro atoms. The van der Waals surface area contributed by atoms with Crippen molar-refractivity contribution < 1.29 is 9.26 Å². The molecule has 1 aliphatic carbocycles. The highest BCUT2D eigenvalue weighted by molar-refractivity contribution is 5.50. The van der Waals surface area contributed by atoms with Crippen LogP contribution in [0.5, 0.6) is 0 Å². The van der Waals surface area contributed by atoms with E-state index in [0.29, 0.717) is 23.9 Å². The summed E-state index contributed by atoms with van der Waals surface area (Å²) in [6.45, 7) is 1.36. The molecule has 1 aliphatic heterocycles. The van der Waals surface area contributed by atoms with E-state index >= 15 is 0 Å². The lowest BCUT2D eigenvalue weighted by atomic mass is 10.2. The molecular weight excluding hydrogens is 270 g/mol. The van der Waals surface area contributed by atoms with Gasteiger partial charge in [-0.05, 0) is 37.8 Å². The van der Waals surface area contributed by atoms with Crippen LogP contribution in [0.2, 0.25) is 0 Å². The van der Waals surface area contributed by atoms with Gasteiger partial charge in [0, 0.05) is 18.7 Å². The maximum absolute atomic E-state index is 12.5. The summed E-state index contributed by atoms with van der Waals surface area (Å²) in [4.78, 5) is 16.9. The van der Waals surface area contributed by atoms with Crippen LogP contribution in [0.4, 0.5) is 0 Å². The van der Waals surface area contributed by atoms with Crippen LogP contribution in [0, 0.1) is 0 Å². The molecule has 0 bridgehead atoms. The van der Waals surface area contributed by atoms with Gasteiger partial charge >= 0.3 is 0 Å². The van der Waals surface area contributed by atoms with Gasteiger partial charge < -0.3 is 13.8 Å². The molecule has 3 heterocycles. The Morgan fingerprint density at radius 2 is 2.24 bits per heavy atom. The zero-order chi connectivity index (χ0) is 14.2. The molecule has 21 heavy (non-hydrogen) atoms. The number of hydrogen-bond donors (Lipinski definition) is 0. The molecule has 0 aromatic carbocycles. The quantitative estimate of drug-likeness (QED) is 0.859. The summed E-state index contributed by atoms with van der Waals surface area (Å²) >= 11 is 0. The second kappa shape index (κ2) is 5.11. The SMILES string of the molecule is O=c1c(-c2nc(C3CC3)no2)cccn1C[C@H]1CCCO1. The molecule has 6 heteroatoms. The molecule has 0 radical (unpaired) electrons. The minimum Gasteiger partial charge on any atom is -0.376 e. The third kappa shape index (κ3) is 2.51. The second-order valence-corrected chi connectivity index (χ2v) is 5.75. The summed E-state index contributed by atoms with van der Waals surface area (Å²) in [7, 11) is 0. The minimum absolute atomic E-state index is 0.0982. The van der Waals surface area contributed by atoms with E-state index in [1.807, 2.05) is 6.07 Å². The topological polar surface area (TPSA) is 70.2 Å². The first-order valence-electron chi connectivity index (χ1n) is 7.46. The lowest BCUT2D eigenvalue weighted by Crippen LogP contribution is -2.26. The number of nitrogens with zero attached hydrogens (tertiary/aromatic N) is 3. The zero-order valence-electron chi connectivity index (χ0n) is 11.7. The Morgan fingerprint density at radius 1 is 1.33 bits per heavy atom. The molecule has 1 atom stereocenters. The first kappa shape index (κ1) is 12.8. The molecule has 2 aromatic rings. The average Bonchev–Trinajstić information content (AvgIpc) is 3.01. The van der Waals surface area contributed by atoms with Gasteiger partial charge in [-0.15, -0.1) is 0 Å². The molecule has 2 fully saturated rings. The van der Waals surface area contributed by atoms with Crippen molar-refractivity contribution in [2.75, 3.05) is 6.61 Å². The van der Waals surface area contributed by atoms with Crippen molar-refractivity contribution in [2.45, 2.75) is 44.2 Å². The minimum atomic E-state index is -0.0982. The Hall–Kier alpha value is -1.95. The van der Waals surface area contributed by atoms with Crippen LogP contribution >= 0.6 is 0 Å². The number of hydrogen-bond acceptors (Lipinski definition) is 5. The van der Waals surface area contributed by atoms with Crippen molar-refractivity contribution in [3.8, 4) is 11.5 Å². The monoisotopic (exact) mass is 287 g/mol. The summed E-state index contributed by atoms with van der Waals surface area (Å²) in [5.41, 5.74) is 0.369. The molecule has 2 aliphatic rings. The van der Waals surface area contributed by atoms with Gasteiger partial charge in [-0.3, -0.25) is 4.79 Å². The molecule has 2 aromatic heterocycles.